The number of rotatable bonds is 6. The number of aliphatic imine (C=N–C) groups is 1. The summed E-state index contributed by atoms with van der Waals surface area (Å²) in [4.78, 5) is 11.9. The molecule has 0 amide bonds. The van der Waals surface area contributed by atoms with Gasteiger partial charge in [-0.3, -0.25) is 9.89 Å². The highest BCUT2D eigenvalue weighted by molar-refractivity contribution is 14.0. The Bertz CT molecular complexity index is 495. The van der Waals surface area contributed by atoms with Crippen molar-refractivity contribution < 1.29 is 0 Å². The van der Waals surface area contributed by atoms with Crippen LogP contribution in [-0.4, -0.2) is 74.7 Å². The molecule has 7 heteroatoms. The molecule has 0 spiro atoms. The molecule has 24 heavy (non-hydrogen) atoms. The van der Waals surface area contributed by atoms with Crippen LogP contribution in [0.4, 0.5) is 5.00 Å². The largest absolute Gasteiger partial charge is 0.360 e. The van der Waals surface area contributed by atoms with Gasteiger partial charge >= 0.3 is 0 Å². The van der Waals surface area contributed by atoms with Crippen molar-refractivity contribution >= 4 is 46.3 Å². The maximum Gasteiger partial charge on any atom is 0.193 e. The summed E-state index contributed by atoms with van der Waals surface area (Å²) in [7, 11) is 1.90. The smallest absolute Gasteiger partial charge is 0.193 e. The van der Waals surface area contributed by atoms with E-state index >= 15 is 0 Å². The van der Waals surface area contributed by atoms with Crippen molar-refractivity contribution in [2.75, 3.05) is 57.8 Å². The normalized spacial score (nSPS) is 18.7. The van der Waals surface area contributed by atoms with Crippen molar-refractivity contribution in [2.24, 2.45) is 4.99 Å². The highest BCUT2D eigenvalue weighted by atomic mass is 127. The van der Waals surface area contributed by atoms with E-state index in [0.29, 0.717) is 0 Å². The Hall–Kier alpha value is -0.540. The first kappa shape index (κ1) is 19.8. The Morgan fingerprint density at radius 1 is 1.33 bits per heavy atom. The molecule has 2 heterocycles. The van der Waals surface area contributed by atoms with Gasteiger partial charge in [-0.05, 0) is 36.9 Å². The van der Waals surface area contributed by atoms with Crippen molar-refractivity contribution in [3.63, 3.8) is 0 Å². The van der Waals surface area contributed by atoms with E-state index in [-0.39, 0.29) is 24.0 Å². The molecule has 1 aromatic heterocycles. The third-order valence-corrected chi connectivity index (χ3v) is 5.69. The van der Waals surface area contributed by atoms with Crippen molar-refractivity contribution in [1.82, 2.24) is 15.1 Å². The minimum atomic E-state index is 0. The summed E-state index contributed by atoms with van der Waals surface area (Å²) in [6.45, 7) is 9.75. The number of guanidine groups is 1. The second-order valence-corrected chi connectivity index (χ2v) is 7.19. The quantitative estimate of drug-likeness (QED) is 0.400. The zero-order chi connectivity index (χ0) is 16.1. The Labute approximate surface area is 167 Å². The number of thiophene rings is 1. The molecule has 1 N–H and O–H groups in total. The van der Waals surface area contributed by atoms with Crippen molar-refractivity contribution in [2.45, 2.75) is 25.8 Å². The predicted molar refractivity (Wildman–Crippen MR) is 115 cm³/mol. The van der Waals surface area contributed by atoms with Crippen LogP contribution in [0.3, 0.4) is 0 Å². The minimum absolute atomic E-state index is 0. The Balaban J connectivity index is 0.00000208. The molecule has 0 aromatic carbocycles. The Kier molecular flexibility index (Phi) is 8.09. The topological polar surface area (TPSA) is 34.1 Å². The van der Waals surface area contributed by atoms with E-state index < -0.39 is 0 Å². The summed E-state index contributed by atoms with van der Waals surface area (Å²) >= 11 is 1.83. The second-order valence-electron chi connectivity index (χ2n) is 6.26. The monoisotopic (exact) mass is 463 g/mol. The fourth-order valence-corrected chi connectivity index (χ4v) is 4.06. The molecule has 0 bridgehead atoms. The third kappa shape index (κ3) is 5.23. The van der Waals surface area contributed by atoms with Crippen LogP contribution in [-0.2, 0) is 0 Å². The SMILES string of the molecule is CCN(CCNC(=NC)N1CCN(c2cccs2)CC1)C1CC1.I. The molecular weight excluding hydrogens is 433 g/mol. The average molecular weight is 463 g/mol. The van der Waals surface area contributed by atoms with Gasteiger partial charge in [-0.1, -0.05) is 6.92 Å². The lowest BCUT2D eigenvalue weighted by Gasteiger charge is -2.37. The summed E-state index contributed by atoms with van der Waals surface area (Å²) < 4.78 is 0. The van der Waals surface area contributed by atoms with Crippen molar-refractivity contribution in [1.29, 1.82) is 0 Å². The number of piperazine rings is 1. The van der Waals surface area contributed by atoms with Crippen LogP contribution in [0.5, 0.6) is 0 Å². The van der Waals surface area contributed by atoms with Gasteiger partial charge in [0.25, 0.3) is 0 Å². The number of likely N-dealkylation sites (N-methyl/N-ethyl adjacent to an activating group) is 1. The van der Waals surface area contributed by atoms with Crippen molar-refractivity contribution in [3.05, 3.63) is 17.5 Å². The van der Waals surface area contributed by atoms with E-state index in [0.717, 1.165) is 57.8 Å². The average Bonchev–Trinajstić information content (AvgIpc) is 3.28. The van der Waals surface area contributed by atoms with E-state index in [4.69, 9.17) is 0 Å². The number of nitrogens with zero attached hydrogens (tertiary/aromatic N) is 4. The van der Waals surface area contributed by atoms with Crippen LogP contribution in [0.2, 0.25) is 0 Å². The van der Waals surface area contributed by atoms with Gasteiger partial charge in [-0.25, -0.2) is 0 Å². The van der Waals surface area contributed by atoms with Crippen LogP contribution < -0.4 is 10.2 Å². The first-order valence-electron chi connectivity index (χ1n) is 8.80. The molecule has 5 nitrogen and oxygen atoms in total. The van der Waals surface area contributed by atoms with Gasteiger partial charge in [-0.2, -0.15) is 0 Å². The number of hydrogen-bond donors (Lipinski definition) is 1. The zero-order valence-electron chi connectivity index (χ0n) is 14.8. The molecule has 0 unspecified atom stereocenters. The van der Waals surface area contributed by atoms with Gasteiger partial charge in [-0.15, -0.1) is 35.3 Å². The highest BCUT2D eigenvalue weighted by Gasteiger charge is 2.27. The summed E-state index contributed by atoms with van der Waals surface area (Å²) in [5, 5.41) is 7.09. The van der Waals surface area contributed by atoms with E-state index in [9.17, 15) is 0 Å². The van der Waals surface area contributed by atoms with E-state index in [1.165, 1.54) is 17.8 Å². The van der Waals surface area contributed by atoms with Gasteiger partial charge in [0, 0.05) is 52.4 Å². The van der Waals surface area contributed by atoms with E-state index in [1.54, 1.807) is 0 Å². The van der Waals surface area contributed by atoms with Crippen LogP contribution in [0.1, 0.15) is 19.8 Å². The molecule has 2 aliphatic rings. The molecule has 2 fully saturated rings. The van der Waals surface area contributed by atoms with Gasteiger partial charge in [0.15, 0.2) is 5.96 Å². The van der Waals surface area contributed by atoms with Gasteiger partial charge in [0.05, 0.1) is 5.00 Å². The fraction of sp³-hybridized carbons (Fsp3) is 0.706. The molecule has 1 saturated carbocycles. The number of halogens is 1. The molecule has 1 saturated heterocycles. The second kappa shape index (κ2) is 9.82. The lowest BCUT2D eigenvalue weighted by molar-refractivity contribution is 0.279. The molecule has 1 aliphatic carbocycles. The summed E-state index contributed by atoms with van der Waals surface area (Å²) in [5.41, 5.74) is 0. The van der Waals surface area contributed by atoms with Crippen LogP contribution in [0.15, 0.2) is 22.5 Å². The predicted octanol–water partition coefficient (Wildman–Crippen LogP) is 2.55. The first-order valence-corrected chi connectivity index (χ1v) is 9.68. The molecule has 0 radical (unpaired) electrons. The summed E-state index contributed by atoms with van der Waals surface area (Å²) in [5.74, 6) is 1.06. The fourth-order valence-electron chi connectivity index (χ4n) is 3.27. The maximum absolute atomic E-state index is 4.48. The highest BCUT2D eigenvalue weighted by Crippen LogP contribution is 2.26. The molecule has 0 atom stereocenters. The zero-order valence-corrected chi connectivity index (χ0v) is 17.9. The molecule has 1 aromatic rings. The van der Waals surface area contributed by atoms with Crippen LogP contribution in [0.25, 0.3) is 0 Å². The number of anilines is 1. The van der Waals surface area contributed by atoms with Crippen LogP contribution in [0, 0.1) is 0 Å². The standard InChI is InChI=1S/C17H29N5S.HI/c1-3-20(15-6-7-15)9-8-19-17(18-2)22-12-10-21(11-13-22)16-5-4-14-23-16;/h4-5,14-15H,3,6-13H2,1-2H3,(H,18,19);1H. The van der Waals surface area contributed by atoms with E-state index in [1.807, 2.05) is 18.4 Å². The lowest BCUT2D eigenvalue weighted by atomic mass is 10.3. The summed E-state index contributed by atoms with van der Waals surface area (Å²) in [6, 6.07) is 5.19. The van der Waals surface area contributed by atoms with Gasteiger partial charge in [0.2, 0.25) is 0 Å². The first-order chi connectivity index (χ1) is 11.3. The minimum Gasteiger partial charge on any atom is -0.360 e. The van der Waals surface area contributed by atoms with Crippen molar-refractivity contribution in [3.8, 4) is 0 Å². The molecule has 136 valence electrons. The molecule has 3 rings (SSSR count). The van der Waals surface area contributed by atoms with E-state index in [2.05, 4.69) is 49.4 Å². The molecular formula is C17H30IN5S. The van der Waals surface area contributed by atoms with Crippen LogP contribution >= 0.6 is 35.3 Å². The lowest BCUT2D eigenvalue weighted by Crippen LogP contribution is -2.53. The Morgan fingerprint density at radius 2 is 2.08 bits per heavy atom. The third-order valence-electron chi connectivity index (χ3n) is 4.76. The number of nitrogens with one attached hydrogen (secondary N) is 1. The van der Waals surface area contributed by atoms with Gasteiger partial charge < -0.3 is 15.1 Å². The Morgan fingerprint density at radius 3 is 2.62 bits per heavy atom. The molecule has 1 aliphatic heterocycles. The maximum atomic E-state index is 4.48. The number of hydrogen-bond acceptors (Lipinski definition) is 4. The van der Waals surface area contributed by atoms with Gasteiger partial charge in [0.1, 0.15) is 0 Å². The summed E-state index contributed by atoms with van der Waals surface area (Å²) in [6.07, 6.45) is 2.76.